The second-order valence-corrected chi connectivity index (χ2v) is 8.37. The molecule has 154 valence electrons. The maximum Gasteiger partial charge on any atom is 0.225 e. The van der Waals surface area contributed by atoms with E-state index in [4.69, 9.17) is 9.47 Å². The molecule has 29 heavy (non-hydrogen) atoms. The first-order valence-electron chi connectivity index (χ1n) is 10.3. The van der Waals surface area contributed by atoms with Crippen LogP contribution in [0.2, 0.25) is 0 Å². The van der Waals surface area contributed by atoms with Gasteiger partial charge in [-0.2, -0.15) is 0 Å². The number of amides is 1. The first-order valence-corrected chi connectivity index (χ1v) is 11.1. The van der Waals surface area contributed by atoms with E-state index >= 15 is 0 Å². The van der Waals surface area contributed by atoms with Crippen molar-refractivity contribution in [1.29, 1.82) is 0 Å². The molecule has 6 heteroatoms. The third-order valence-corrected chi connectivity index (χ3v) is 6.14. The molecule has 1 atom stereocenters. The van der Waals surface area contributed by atoms with Gasteiger partial charge in [-0.1, -0.05) is 22.0 Å². The van der Waals surface area contributed by atoms with Gasteiger partial charge in [0.1, 0.15) is 5.75 Å². The summed E-state index contributed by atoms with van der Waals surface area (Å²) in [6.45, 7) is 6.50. The van der Waals surface area contributed by atoms with Crippen LogP contribution < -0.4 is 9.64 Å². The standard InChI is InChI=1S/C23H27BrN2O3/c1-2-28-20-6-4-19(5-7-20)25-10-12-26(13-11-25)23(27)16-22-21-8-3-18(24)15-17(21)9-14-29-22/h3-8,15,22H,2,9-14,16H2,1H3/t22-/m0/s1. The van der Waals surface area contributed by atoms with E-state index < -0.39 is 0 Å². The minimum atomic E-state index is -0.136. The Morgan fingerprint density at radius 3 is 2.62 bits per heavy atom. The van der Waals surface area contributed by atoms with Crippen molar-refractivity contribution in [3.63, 3.8) is 0 Å². The highest BCUT2D eigenvalue weighted by molar-refractivity contribution is 9.10. The van der Waals surface area contributed by atoms with Crippen molar-refractivity contribution < 1.29 is 14.3 Å². The molecule has 4 rings (SSSR count). The van der Waals surface area contributed by atoms with Gasteiger partial charge in [0.15, 0.2) is 0 Å². The van der Waals surface area contributed by atoms with E-state index in [1.807, 2.05) is 30.0 Å². The van der Waals surface area contributed by atoms with E-state index in [2.05, 4.69) is 45.1 Å². The van der Waals surface area contributed by atoms with Crippen LogP contribution in [0.4, 0.5) is 5.69 Å². The Hall–Kier alpha value is -2.05. The molecule has 0 radical (unpaired) electrons. The average molecular weight is 459 g/mol. The fourth-order valence-electron chi connectivity index (χ4n) is 4.10. The molecule has 2 aromatic carbocycles. The molecule has 2 aliphatic heterocycles. The summed E-state index contributed by atoms with van der Waals surface area (Å²) in [5.74, 6) is 1.07. The number of anilines is 1. The summed E-state index contributed by atoms with van der Waals surface area (Å²) < 4.78 is 12.5. The van der Waals surface area contributed by atoms with Crippen LogP contribution in [-0.2, 0) is 16.0 Å². The normalized spacial score (nSPS) is 19.0. The van der Waals surface area contributed by atoms with Crippen molar-refractivity contribution in [3.8, 4) is 5.75 Å². The number of piperazine rings is 1. The lowest BCUT2D eigenvalue weighted by Gasteiger charge is -2.37. The van der Waals surface area contributed by atoms with E-state index in [9.17, 15) is 4.79 Å². The molecule has 1 amide bonds. The minimum Gasteiger partial charge on any atom is -0.494 e. The van der Waals surface area contributed by atoms with Crippen LogP contribution in [0.3, 0.4) is 0 Å². The Morgan fingerprint density at radius 1 is 1.14 bits per heavy atom. The molecular formula is C23H27BrN2O3. The highest BCUT2D eigenvalue weighted by Gasteiger charge is 2.27. The predicted octanol–water partition coefficient (Wildman–Crippen LogP) is 4.20. The molecule has 0 saturated carbocycles. The van der Waals surface area contributed by atoms with Crippen LogP contribution in [0.5, 0.6) is 5.75 Å². The van der Waals surface area contributed by atoms with Gasteiger partial charge in [0.05, 0.1) is 25.7 Å². The Balaban J connectivity index is 1.33. The monoisotopic (exact) mass is 458 g/mol. The van der Waals surface area contributed by atoms with Crippen LogP contribution in [0.15, 0.2) is 46.9 Å². The van der Waals surface area contributed by atoms with E-state index in [1.54, 1.807) is 0 Å². The fourth-order valence-corrected chi connectivity index (χ4v) is 4.50. The SMILES string of the molecule is CCOc1ccc(N2CCN(C(=O)C[C@@H]3OCCc4cc(Br)ccc43)CC2)cc1. The predicted molar refractivity (Wildman–Crippen MR) is 118 cm³/mol. The zero-order valence-electron chi connectivity index (χ0n) is 16.8. The molecule has 0 bridgehead atoms. The van der Waals surface area contributed by atoms with Crippen molar-refractivity contribution >= 4 is 27.5 Å². The Morgan fingerprint density at radius 2 is 1.90 bits per heavy atom. The number of nitrogens with zero attached hydrogens (tertiary/aromatic N) is 2. The van der Waals surface area contributed by atoms with Gasteiger partial charge in [0, 0.05) is 36.3 Å². The smallest absolute Gasteiger partial charge is 0.225 e. The van der Waals surface area contributed by atoms with Crippen LogP contribution >= 0.6 is 15.9 Å². The van der Waals surface area contributed by atoms with Crippen molar-refractivity contribution in [3.05, 3.63) is 58.1 Å². The van der Waals surface area contributed by atoms with Crippen molar-refractivity contribution in [2.75, 3.05) is 44.3 Å². The van der Waals surface area contributed by atoms with E-state index in [1.165, 1.54) is 11.3 Å². The molecule has 1 fully saturated rings. The summed E-state index contributed by atoms with van der Waals surface area (Å²) in [4.78, 5) is 17.2. The number of fused-ring (bicyclic) bond motifs is 1. The molecular weight excluding hydrogens is 432 g/mol. The van der Waals surface area contributed by atoms with Crippen molar-refractivity contribution in [1.82, 2.24) is 4.90 Å². The summed E-state index contributed by atoms with van der Waals surface area (Å²) in [6.07, 6.45) is 1.18. The summed E-state index contributed by atoms with van der Waals surface area (Å²) in [5.41, 5.74) is 3.61. The maximum atomic E-state index is 12.9. The van der Waals surface area contributed by atoms with E-state index in [-0.39, 0.29) is 12.0 Å². The summed E-state index contributed by atoms with van der Waals surface area (Å²) in [6, 6.07) is 14.5. The molecule has 2 heterocycles. The third kappa shape index (κ3) is 4.75. The number of hydrogen-bond donors (Lipinski definition) is 0. The fraction of sp³-hybridized carbons (Fsp3) is 0.435. The molecule has 1 saturated heterocycles. The molecule has 0 unspecified atom stereocenters. The number of ether oxygens (including phenoxy) is 2. The van der Waals surface area contributed by atoms with Crippen LogP contribution in [0, 0.1) is 0 Å². The largest absolute Gasteiger partial charge is 0.494 e. The average Bonchev–Trinajstić information content (AvgIpc) is 2.74. The van der Waals surface area contributed by atoms with Crippen molar-refractivity contribution in [2.45, 2.75) is 25.9 Å². The first-order chi connectivity index (χ1) is 14.1. The van der Waals surface area contributed by atoms with Gasteiger partial charge in [0.25, 0.3) is 0 Å². The summed E-state index contributed by atoms with van der Waals surface area (Å²) in [7, 11) is 0. The molecule has 5 nitrogen and oxygen atoms in total. The lowest BCUT2D eigenvalue weighted by Crippen LogP contribution is -2.49. The Bertz CT molecular complexity index is 848. The molecule has 2 aromatic rings. The summed E-state index contributed by atoms with van der Waals surface area (Å²) >= 11 is 3.53. The van der Waals surface area contributed by atoms with E-state index in [0.29, 0.717) is 19.6 Å². The van der Waals surface area contributed by atoms with Crippen molar-refractivity contribution in [2.24, 2.45) is 0 Å². The highest BCUT2D eigenvalue weighted by atomic mass is 79.9. The number of carbonyl (C=O) groups excluding carboxylic acids is 1. The number of hydrogen-bond acceptors (Lipinski definition) is 4. The van der Waals surface area contributed by atoms with Gasteiger partial charge in [-0.3, -0.25) is 4.79 Å². The Kier molecular flexibility index (Phi) is 6.40. The van der Waals surface area contributed by atoms with Gasteiger partial charge in [-0.25, -0.2) is 0 Å². The number of rotatable bonds is 5. The molecule has 2 aliphatic rings. The van der Waals surface area contributed by atoms with Gasteiger partial charge in [-0.15, -0.1) is 0 Å². The zero-order valence-corrected chi connectivity index (χ0v) is 18.4. The van der Waals surface area contributed by atoms with Crippen LogP contribution in [-0.4, -0.2) is 50.2 Å². The molecule has 0 aliphatic carbocycles. The number of halogens is 1. The Labute approximate surface area is 180 Å². The number of carbonyl (C=O) groups is 1. The molecule has 0 spiro atoms. The lowest BCUT2D eigenvalue weighted by atomic mass is 9.95. The topological polar surface area (TPSA) is 42.0 Å². The number of benzene rings is 2. The van der Waals surface area contributed by atoms with Gasteiger partial charge in [0.2, 0.25) is 5.91 Å². The second kappa shape index (κ2) is 9.18. The lowest BCUT2D eigenvalue weighted by molar-refractivity contribution is -0.135. The van der Waals surface area contributed by atoms with Gasteiger partial charge < -0.3 is 19.3 Å². The third-order valence-electron chi connectivity index (χ3n) is 5.65. The molecule has 0 N–H and O–H groups in total. The quantitative estimate of drug-likeness (QED) is 0.672. The summed E-state index contributed by atoms with van der Waals surface area (Å²) in [5, 5.41) is 0. The first kappa shape index (κ1) is 20.2. The van der Waals surface area contributed by atoms with Gasteiger partial charge in [-0.05, 0) is 60.9 Å². The second-order valence-electron chi connectivity index (χ2n) is 7.45. The zero-order chi connectivity index (χ0) is 20.2. The highest BCUT2D eigenvalue weighted by Crippen LogP contribution is 2.32. The van der Waals surface area contributed by atoms with Crippen LogP contribution in [0.1, 0.15) is 30.6 Å². The van der Waals surface area contributed by atoms with Crippen LogP contribution in [0.25, 0.3) is 0 Å². The van der Waals surface area contributed by atoms with E-state index in [0.717, 1.165) is 48.4 Å². The van der Waals surface area contributed by atoms with Gasteiger partial charge >= 0.3 is 0 Å². The molecule has 0 aromatic heterocycles. The maximum absolute atomic E-state index is 12.9. The minimum absolute atomic E-state index is 0.136.